The Balaban J connectivity index is 4.27. The molecular weight excluding hydrogens is 206 g/mol. The maximum absolute atomic E-state index is 11.9. The van der Waals surface area contributed by atoms with Gasteiger partial charge in [0.2, 0.25) is 0 Å². The second-order valence-electron chi connectivity index (χ2n) is 5.13. The minimum Gasteiger partial charge on any atom is -0.333 e. The zero-order chi connectivity index (χ0) is 12.0. The highest BCUT2D eigenvalue weighted by Gasteiger charge is 2.17. The molecule has 0 radical (unpaired) electrons. The molecule has 0 aliphatic rings. The molecule has 0 aliphatic heterocycles. The Hall–Kier alpha value is -0.180. The maximum atomic E-state index is 11.9. The maximum Gasteiger partial charge on any atom is 0.281 e. The molecule has 0 heterocycles. The van der Waals surface area contributed by atoms with E-state index in [1.165, 1.54) is 11.8 Å². The Bertz CT molecular complexity index is 180. The summed E-state index contributed by atoms with van der Waals surface area (Å²) in [5.74, 6) is 1.08. The molecule has 2 nitrogen and oxygen atoms in total. The number of rotatable bonds is 5. The zero-order valence-corrected chi connectivity index (χ0v) is 11.7. The number of hydrogen-bond donors (Lipinski definition) is 0. The van der Waals surface area contributed by atoms with Crippen LogP contribution in [0.1, 0.15) is 41.5 Å². The molecule has 0 atom stereocenters. The highest BCUT2D eigenvalue weighted by Crippen LogP contribution is 2.17. The minimum absolute atomic E-state index is 0.229. The van der Waals surface area contributed by atoms with E-state index in [4.69, 9.17) is 0 Å². The summed E-state index contributed by atoms with van der Waals surface area (Å²) >= 11 is 1.43. The zero-order valence-electron chi connectivity index (χ0n) is 10.9. The molecule has 0 aromatic rings. The third kappa shape index (κ3) is 7.71. The Kier molecular flexibility index (Phi) is 7.07. The lowest BCUT2D eigenvalue weighted by Gasteiger charge is -2.26. The molecule has 0 spiro atoms. The first kappa shape index (κ1) is 14.8. The van der Waals surface area contributed by atoms with Gasteiger partial charge >= 0.3 is 0 Å². The van der Waals surface area contributed by atoms with Gasteiger partial charge in [0.15, 0.2) is 0 Å². The molecule has 15 heavy (non-hydrogen) atoms. The fraction of sp³-hybridized carbons (Fsp3) is 0.917. The molecule has 1 amide bonds. The van der Waals surface area contributed by atoms with E-state index in [1.807, 2.05) is 4.90 Å². The van der Waals surface area contributed by atoms with Crippen molar-refractivity contribution in [3.63, 3.8) is 0 Å². The molecule has 0 unspecified atom stereocenters. The van der Waals surface area contributed by atoms with E-state index in [9.17, 15) is 4.79 Å². The van der Waals surface area contributed by atoms with Crippen LogP contribution in [0.5, 0.6) is 0 Å². The standard InChI is InChI=1S/C12H25NOS/c1-9(2)7-13(8-10(3)4)12(14)15-11(5)6/h9-11H,7-8H2,1-6H3. The van der Waals surface area contributed by atoms with Crippen LogP contribution in [0.4, 0.5) is 4.79 Å². The Labute approximate surface area is 98.8 Å². The van der Waals surface area contributed by atoms with Crippen molar-refractivity contribution in [2.45, 2.75) is 46.8 Å². The monoisotopic (exact) mass is 231 g/mol. The van der Waals surface area contributed by atoms with Gasteiger partial charge in [-0.1, -0.05) is 53.3 Å². The largest absolute Gasteiger partial charge is 0.333 e. The van der Waals surface area contributed by atoms with Crippen molar-refractivity contribution in [3.8, 4) is 0 Å². The summed E-state index contributed by atoms with van der Waals surface area (Å²) in [4.78, 5) is 13.9. The second kappa shape index (κ2) is 7.15. The van der Waals surface area contributed by atoms with Crippen molar-refractivity contribution in [3.05, 3.63) is 0 Å². The third-order valence-corrected chi connectivity index (χ3v) is 2.70. The summed E-state index contributed by atoms with van der Waals surface area (Å²) < 4.78 is 0. The highest BCUT2D eigenvalue weighted by molar-refractivity contribution is 8.14. The fourth-order valence-electron chi connectivity index (χ4n) is 1.38. The SMILES string of the molecule is CC(C)CN(CC(C)C)C(=O)SC(C)C. The topological polar surface area (TPSA) is 20.3 Å². The van der Waals surface area contributed by atoms with Crippen LogP contribution in [-0.2, 0) is 0 Å². The van der Waals surface area contributed by atoms with Crippen LogP contribution in [-0.4, -0.2) is 28.5 Å². The minimum atomic E-state index is 0.229. The van der Waals surface area contributed by atoms with Crippen molar-refractivity contribution < 1.29 is 4.79 Å². The van der Waals surface area contributed by atoms with E-state index in [-0.39, 0.29) is 5.24 Å². The van der Waals surface area contributed by atoms with Gasteiger partial charge in [0.1, 0.15) is 0 Å². The summed E-state index contributed by atoms with van der Waals surface area (Å²) in [5.41, 5.74) is 0. The van der Waals surface area contributed by atoms with Crippen LogP contribution in [0, 0.1) is 11.8 Å². The van der Waals surface area contributed by atoms with Crippen LogP contribution < -0.4 is 0 Å². The van der Waals surface area contributed by atoms with E-state index in [0.29, 0.717) is 17.1 Å². The van der Waals surface area contributed by atoms with Crippen molar-refractivity contribution in [1.29, 1.82) is 0 Å². The first-order valence-electron chi connectivity index (χ1n) is 5.78. The normalized spacial score (nSPS) is 11.5. The fourth-order valence-corrected chi connectivity index (χ4v) is 2.08. The molecule has 0 saturated carbocycles. The average molecular weight is 231 g/mol. The summed E-state index contributed by atoms with van der Waals surface area (Å²) in [5, 5.41) is 0.603. The molecule has 0 rings (SSSR count). The average Bonchev–Trinajstić information content (AvgIpc) is 1.99. The summed E-state index contributed by atoms with van der Waals surface area (Å²) in [6.07, 6.45) is 0. The van der Waals surface area contributed by atoms with Crippen molar-refractivity contribution in [2.75, 3.05) is 13.1 Å². The number of nitrogens with zero attached hydrogens (tertiary/aromatic N) is 1. The van der Waals surface area contributed by atoms with Crippen LogP contribution in [0.3, 0.4) is 0 Å². The van der Waals surface area contributed by atoms with E-state index in [1.54, 1.807) is 0 Å². The lowest BCUT2D eigenvalue weighted by molar-refractivity contribution is 0.208. The van der Waals surface area contributed by atoms with Gasteiger partial charge in [0.05, 0.1) is 0 Å². The molecular formula is C12H25NOS. The Morgan fingerprint density at radius 1 is 1.00 bits per heavy atom. The molecule has 0 fully saturated rings. The van der Waals surface area contributed by atoms with Crippen LogP contribution in [0.15, 0.2) is 0 Å². The van der Waals surface area contributed by atoms with E-state index in [0.717, 1.165) is 13.1 Å². The molecule has 0 bridgehead atoms. The molecule has 0 saturated heterocycles. The number of hydrogen-bond acceptors (Lipinski definition) is 2. The van der Waals surface area contributed by atoms with Gasteiger partial charge in [-0.2, -0.15) is 0 Å². The molecule has 0 N–H and O–H groups in total. The first-order chi connectivity index (χ1) is 6.82. The van der Waals surface area contributed by atoms with Crippen LogP contribution in [0.2, 0.25) is 0 Å². The van der Waals surface area contributed by atoms with Gasteiger partial charge in [0.25, 0.3) is 5.24 Å². The van der Waals surface area contributed by atoms with Gasteiger partial charge in [0, 0.05) is 18.3 Å². The predicted octanol–water partition coefficient (Wildman–Crippen LogP) is 3.86. The number of carbonyl (C=O) groups is 1. The van der Waals surface area contributed by atoms with E-state index < -0.39 is 0 Å². The first-order valence-corrected chi connectivity index (χ1v) is 6.66. The smallest absolute Gasteiger partial charge is 0.281 e. The molecule has 3 heteroatoms. The number of carbonyl (C=O) groups excluding carboxylic acids is 1. The molecule has 0 aromatic carbocycles. The van der Waals surface area contributed by atoms with Gasteiger partial charge in [-0.25, -0.2) is 0 Å². The third-order valence-electron chi connectivity index (χ3n) is 1.77. The van der Waals surface area contributed by atoms with Crippen LogP contribution in [0.25, 0.3) is 0 Å². The Morgan fingerprint density at radius 2 is 1.40 bits per heavy atom. The lowest BCUT2D eigenvalue weighted by atomic mass is 10.1. The Morgan fingerprint density at radius 3 is 1.67 bits per heavy atom. The predicted molar refractivity (Wildman–Crippen MR) is 69.4 cm³/mol. The summed E-state index contributed by atoms with van der Waals surface area (Å²) in [6, 6.07) is 0. The quantitative estimate of drug-likeness (QED) is 0.716. The van der Waals surface area contributed by atoms with Crippen molar-refractivity contribution in [1.82, 2.24) is 4.90 Å². The molecule has 0 aromatic heterocycles. The summed E-state index contributed by atoms with van der Waals surface area (Å²) in [6.45, 7) is 14.5. The van der Waals surface area contributed by atoms with E-state index >= 15 is 0 Å². The van der Waals surface area contributed by atoms with Gasteiger partial charge in [-0.3, -0.25) is 4.79 Å². The van der Waals surface area contributed by atoms with E-state index in [2.05, 4.69) is 41.5 Å². The summed E-state index contributed by atoms with van der Waals surface area (Å²) in [7, 11) is 0. The van der Waals surface area contributed by atoms with Gasteiger partial charge in [-0.15, -0.1) is 0 Å². The van der Waals surface area contributed by atoms with Crippen molar-refractivity contribution >= 4 is 17.0 Å². The molecule has 0 aliphatic carbocycles. The van der Waals surface area contributed by atoms with Crippen LogP contribution >= 0.6 is 11.8 Å². The molecule has 90 valence electrons. The number of amides is 1. The van der Waals surface area contributed by atoms with Gasteiger partial charge in [-0.05, 0) is 11.8 Å². The second-order valence-corrected chi connectivity index (χ2v) is 6.65. The highest BCUT2D eigenvalue weighted by atomic mass is 32.2. The number of thioether (sulfide) groups is 1. The lowest BCUT2D eigenvalue weighted by Crippen LogP contribution is -2.35. The van der Waals surface area contributed by atoms with Crippen molar-refractivity contribution in [2.24, 2.45) is 11.8 Å². The van der Waals surface area contributed by atoms with Gasteiger partial charge < -0.3 is 4.90 Å².